The van der Waals surface area contributed by atoms with Crippen LogP contribution in [-0.2, 0) is 4.79 Å². The maximum atomic E-state index is 10.4. The molecule has 0 saturated heterocycles. The molecule has 0 aliphatic carbocycles. The topological polar surface area (TPSA) is 69.6 Å². The van der Waals surface area contributed by atoms with E-state index in [9.17, 15) is 9.90 Å². The van der Waals surface area contributed by atoms with E-state index in [-0.39, 0.29) is 6.10 Å². The Morgan fingerprint density at radius 3 is 2.54 bits per heavy atom. The van der Waals surface area contributed by atoms with Crippen LogP contribution in [0.15, 0.2) is 0 Å². The third-order valence-electron chi connectivity index (χ3n) is 1.87. The highest BCUT2D eigenvalue weighted by atomic mass is 16.4. The summed E-state index contributed by atoms with van der Waals surface area (Å²) in [6.07, 6.45) is 1.34. The third kappa shape index (κ3) is 6.54. The Hall–Kier alpha value is -0.610. The molecule has 0 fully saturated rings. The lowest BCUT2D eigenvalue weighted by Crippen LogP contribution is -2.32. The summed E-state index contributed by atoms with van der Waals surface area (Å²) >= 11 is 0. The monoisotopic (exact) mass is 189 g/mol. The van der Waals surface area contributed by atoms with Gasteiger partial charge in [-0.25, -0.2) is 0 Å². The van der Waals surface area contributed by atoms with Crippen molar-refractivity contribution >= 4 is 5.97 Å². The summed E-state index contributed by atoms with van der Waals surface area (Å²) in [5.41, 5.74) is 0. The minimum Gasteiger partial charge on any atom is -0.481 e. The van der Waals surface area contributed by atoms with Crippen molar-refractivity contribution in [1.29, 1.82) is 0 Å². The Kier molecular flexibility index (Phi) is 6.54. The molecule has 0 spiro atoms. The Bertz CT molecular complexity index is 150. The molecule has 13 heavy (non-hydrogen) atoms. The lowest BCUT2D eigenvalue weighted by Gasteiger charge is -2.12. The first-order chi connectivity index (χ1) is 6.07. The number of aliphatic carboxylic acids is 1. The van der Waals surface area contributed by atoms with Crippen LogP contribution in [0, 0.1) is 5.92 Å². The number of aliphatic hydroxyl groups excluding tert-OH is 1. The van der Waals surface area contributed by atoms with Gasteiger partial charge in [-0.1, -0.05) is 20.3 Å². The molecule has 0 amide bonds. The first-order valence-electron chi connectivity index (χ1n) is 4.69. The number of rotatable bonds is 7. The second-order valence-corrected chi connectivity index (χ2v) is 3.34. The number of hydrogen-bond donors (Lipinski definition) is 3. The van der Waals surface area contributed by atoms with Crippen molar-refractivity contribution in [2.75, 3.05) is 13.1 Å². The molecule has 0 aromatic carbocycles. The molecule has 0 bridgehead atoms. The fourth-order valence-electron chi connectivity index (χ4n) is 0.989. The van der Waals surface area contributed by atoms with Gasteiger partial charge in [0.1, 0.15) is 0 Å². The lowest BCUT2D eigenvalue weighted by atomic mass is 10.1. The molecule has 0 aromatic rings. The minimum atomic E-state index is -0.808. The van der Waals surface area contributed by atoms with Gasteiger partial charge in [0.15, 0.2) is 0 Å². The summed E-state index contributed by atoms with van der Waals surface area (Å²) in [7, 11) is 0. The number of hydrogen-bond acceptors (Lipinski definition) is 3. The first kappa shape index (κ1) is 12.4. The summed E-state index contributed by atoms with van der Waals surface area (Å²) in [5, 5.41) is 20.8. The highest BCUT2D eigenvalue weighted by molar-refractivity contribution is 5.69. The van der Waals surface area contributed by atoms with Crippen molar-refractivity contribution in [3.63, 3.8) is 0 Å². The molecule has 4 nitrogen and oxygen atoms in total. The number of nitrogens with one attached hydrogen (secondary N) is 1. The van der Waals surface area contributed by atoms with E-state index in [0.717, 1.165) is 12.8 Å². The van der Waals surface area contributed by atoms with E-state index < -0.39 is 11.9 Å². The highest BCUT2D eigenvalue weighted by Gasteiger charge is 2.10. The Labute approximate surface area is 79.0 Å². The molecule has 0 saturated carbocycles. The predicted octanol–water partition coefficient (Wildman–Crippen LogP) is 0.458. The van der Waals surface area contributed by atoms with E-state index in [0.29, 0.717) is 13.1 Å². The van der Waals surface area contributed by atoms with E-state index in [2.05, 4.69) is 5.32 Å². The van der Waals surface area contributed by atoms with Crippen LogP contribution in [0.2, 0.25) is 0 Å². The molecule has 0 aromatic heterocycles. The molecule has 3 N–H and O–H groups in total. The van der Waals surface area contributed by atoms with E-state index in [4.69, 9.17) is 5.11 Å². The van der Waals surface area contributed by atoms with E-state index in [1.54, 1.807) is 6.92 Å². The average Bonchev–Trinajstić information content (AvgIpc) is 2.04. The summed E-state index contributed by atoms with van der Waals surface area (Å²) in [6, 6.07) is 0. The van der Waals surface area contributed by atoms with Gasteiger partial charge in [0.2, 0.25) is 0 Å². The van der Waals surface area contributed by atoms with E-state index in [1.165, 1.54) is 0 Å². The zero-order valence-electron chi connectivity index (χ0n) is 8.29. The largest absolute Gasteiger partial charge is 0.481 e. The van der Waals surface area contributed by atoms with Gasteiger partial charge in [-0.3, -0.25) is 4.79 Å². The molecular weight excluding hydrogens is 170 g/mol. The molecule has 0 rings (SSSR count). The molecule has 0 aliphatic rings. The van der Waals surface area contributed by atoms with Crippen molar-refractivity contribution in [1.82, 2.24) is 5.32 Å². The molecule has 2 unspecified atom stereocenters. The zero-order chi connectivity index (χ0) is 10.3. The van der Waals surface area contributed by atoms with Gasteiger partial charge in [0, 0.05) is 13.1 Å². The Morgan fingerprint density at radius 1 is 1.46 bits per heavy atom. The van der Waals surface area contributed by atoms with Gasteiger partial charge in [-0.2, -0.15) is 0 Å². The SMILES string of the molecule is CCCC(O)CNCC(C)C(=O)O. The summed E-state index contributed by atoms with van der Waals surface area (Å²) in [4.78, 5) is 10.4. The summed E-state index contributed by atoms with van der Waals surface area (Å²) in [5.74, 6) is -1.20. The van der Waals surface area contributed by atoms with Gasteiger partial charge in [0.25, 0.3) is 0 Å². The first-order valence-corrected chi connectivity index (χ1v) is 4.69. The molecule has 78 valence electrons. The maximum Gasteiger partial charge on any atom is 0.307 e. The highest BCUT2D eigenvalue weighted by Crippen LogP contribution is 1.95. The quantitative estimate of drug-likeness (QED) is 0.544. The standard InChI is InChI=1S/C9H19NO3/c1-3-4-8(11)6-10-5-7(2)9(12)13/h7-8,10-11H,3-6H2,1-2H3,(H,12,13). The van der Waals surface area contributed by atoms with Crippen LogP contribution in [0.25, 0.3) is 0 Å². The van der Waals surface area contributed by atoms with Crippen LogP contribution >= 0.6 is 0 Å². The smallest absolute Gasteiger partial charge is 0.307 e. The van der Waals surface area contributed by atoms with E-state index in [1.807, 2.05) is 6.92 Å². The van der Waals surface area contributed by atoms with Crippen LogP contribution < -0.4 is 5.32 Å². The number of aliphatic hydroxyl groups is 1. The van der Waals surface area contributed by atoms with Crippen LogP contribution in [-0.4, -0.2) is 35.4 Å². The average molecular weight is 189 g/mol. The summed E-state index contributed by atoms with van der Waals surface area (Å²) < 4.78 is 0. The molecule has 0 aliphatic heterocycles. The molecule has 0 radical (unpaired) electrons. The fourth-order valence-corrected chi connectivity index (χ4v) is 0.989. The van der Waals surface area contributed by atoms with Crippen molar-refractivity contribution in [2.24, 2.45) is 5.92 Å². The summed E-state index contributed by atoms with van der Waals surface area (Å²) in [6.45, 7) is 4.53. The van der Waals surface area contributed by atoms with Crippen LogP contribution in [0.3, 0.4) is 0 Å². The second kappa shape index (κ2) is 6.86. The third-order valence-corrected chi connectivity index (χ3v) is 1.87. The second-order valence-electron chi connectivity index (χ2n) is 3.34. The van der Waals surface area contributed by atoms with E-state index >= 15 is 0 Å². The van der Waals surface area contributed by atoms with Crippen LogP contribution in [0.1, 0.15) is 26.7 Å². The number of carboxylic acid groups (broad SMARTS) is 1. The van der Waals surface area contributed by atoms with Crippen molar-refractivity contribution in [3.8, 4) is 0 Å². The van der Waals surface area contributed by atoms with Crippen molar-refractivity contribution < 1.29 is 15.0 Å². The minimum absolute atomic E-state index is 0.356. The normalized spacial score (nSPS) is 15.3. The van der Waals surface area contributed by atoms with Gasteiger partial charge >= 0.3 is 5.97 Å². The maximum absolute atomic E-state index is 10.4. The molecule has 2 atom stereocenters. The van der Waals surface area contributed by atoms with Gasteiger partial charge in [-0.05, 0) is 6.42 Å². The van der Waals surface area contributed by atoms with Crippen molar-refractivity contribution in [3.05, 3.63) is 0 Å². The Morgan fingerprint density at radius 2 is 2.08 bits per heavy atom. The fraction of sp³-hybridized carbons (Fsp3) is 0.889. The predicted molar refractivity (Wildman–Crippen MR) is 50.6 cm³/mol. The van der Waals surface area contributed by atoms with Gasteiger partial charge in [0.05, 0.1) is 12.0 Å². The van der Waals surface area contributed by atoms with Gasteiger partial charge in [-0.15, -0.1) is 0 Å². The van der Waals surface area contributed by atoms with Crippen LogP contribution in [0.4, 0.5) is 0 Å². The molecular formula is C9H19NO3. The zero-order valence-corrected chi connectivity index (χ0v) is 8.29. The molecule has 0 heterocycles. The number of carboxylic acids is 1. The van der Waals surface area contributed by atoms with Crippen LogP contribution in [0.5, 0.6) is 0 Å². The van der Waals surface area contributed by atoms with Crippen molar-refractivity contribution in [2.45, 2.75) is 32.8 Å². The van der Waals surface area contributed by atoms with Gasteiger partial charge < -0.3 is 15.5 Å². The molecule has 4 heteroatoms. The number of carbonyl (C=O) groups is 1. The Balaban J connectivity index is 3.39. The lowest BCUT2D eigenvalue weighted by molar-refractivity contribution is -0.140.